The summed E-state index contributed by atoms with van der Waals surface area (Å²) in [6.45, 7) is 3.05. The van der Waals surface area contributed by atoms with E-state index in [0.717, 1.165) is 18.6 Å². The molecule has 1 aliphatic heterocycles. The molecule has 9 nitrogen and oxygen atoms in total. The van der Waals surface area contributed by atoms with Crippen LogP contribution < -0.4 is 25.8 Å². The van der Waals surface area contributed by atoms with Gasteiger partial charge in [0.05, 0.1) is 19.8 Å². The Kier molecular flexibility index (Phi) is 10.1. The Morgan fingerprint density at radius 3 is 2.41 bits per heavy atom. The Morgan fingerprint density at radius 2 is 1.83 bits per heavy atom. The van der Waals surface area contributed by atoms with Crippen molar-refractivity contribution in [2.24, 2.45) is 5.73 Å². The molecule has 1 saturated heterocycles. The van der Waals surface area contributed by atoms with E-state index < -0.39 is 23.6 Å². The number of anilines is 2. The van der Waals surface area contributed by atoms with Gasteiger partial charge >= 0.3 is 6.18 Å². The van der Waals surface area contributed by atoms with E-state index in [1.54, 1.807) is 4.90 Å². The number of methoxy groups -OCH3 is 2. The van der Waals surface area contributed by atoms with Crippen molar-refractivity contribution < 1.29 is 31.8 Å². The number of hydrogen-bond acceptors (Lipinski definition) is 8. The lowest BCUT2D eigenvalue weighted by Gasteiger charge is -2.42. The molecule has 0 radical (unpaired) electrons. The molecule has 0 unspecified atom stereocenters. The van der Waals surface area contributed by atoms with Gasteiger partial charge in [-0.15, -0.1) is 12.4 Å². The zero-order valence-electron chi connectivity index (χ0n) is 22.9. The third kappa shape index (κ3) is 6.67. The minimum absolute atomic E-state index is 0. The van der Waals surface area contributed by atoms with Crippen LogP contribution in [-0.2, 0) is 11.0 Å². The molecule has 0 saturated carbocycles. The summed E-state index contributed by atoms with van der Waals surface area (Å²) >= 11 is 0. The Morgan fingerprint density at radius 1 is 1.15 bits per heavy atom. The minimum atomic E-state index is -4.45. The van der Waals surface area contributed by atoms with Crippen LogP contribution in [0.3, 0.4) is 0 Å². The van der Waals surface area contributed by atoms with Gasteiger partial charge in [0.25, 0.3) is 0 Å². The van der Waals surface area contributed by atoms with Crippen molar-refractivity contribution in [3.8, 4) is 11.5 Å². The summed E-state index contributed by atoms with van der Waals surface area (Å²) in [6.07, 6.45) is -3.01. The number of nitrogen functional groups attached to an aromatic ring is 1. The van der Waals surface area contributed by atoms with Crippen molar-refractivity contribution in [3.63, 3.8) is 0 Å². The summed E-state index contributed by atoms with van der Waals surface area (Å²) in [6, 6.07) is 5.10. The van der Waals surface area contributed by atoms with Crippen LogP contribution in [0.1, 0.15) is 43.4 Å². The second-order valence-corrected chi connectivity index (χ2v) is 9.64. The third-order valence-corrected chi connectivity index (χ3v) is 7.07. The summed E-state index contributed by atoms with van der Waals surface area (Å²) < 4.78 is 64.3. The first-order chi connectivity index (χ1) is 19.0. The molecule has 2 heterocycles. The van der Waals surface area contributed by atoms with Crippen molar-refractivity contribution in [1.82, 2.24) is 14.9 Å². The summed E-state index contributed by atoms with van der Waals surface area (Å²) in [5.41, 5.74) is 12.0. The Hall–Kier alpha value is -3.58. The SMILES string of the molecule is CCC[C@H]1CN(C(=O)C[C@@H](N)c2ccc(C(F)(F)F)cc2)CCN1c1nc(N)c2cc(OC)c(OC)c(F)c2n1.Cl. The highest BCUT2D eigenvalue weighted by Gasteiger charge is 2.33. The average molecular weight is 601 g/mol. The van der Waals surface area contributed by atoms with Gasteiger partial charge in [0.1, 0.15) is 11.3 Å². The number of ether oxygens (including phenoxy) is 2. The number of piperazine rings is 1. The zero-order valence-corrected chi connectivity index (χ0v) is 23.7. The molecular formula is C27H33ClF4N6O3. The van der Waals surface area contributed by atoms with Gasteiger partial charge in [0, 0.05) is 43.5 Å². The van der Waals surface area contributed by atoms with Crippen LogP contribution in [0, 0.1) is 5.82 Å². The Balaban J connectivity index is 0.00000462. The standard InChI is InChI=1S/C27H32F4N6O3.ClH/c1-4-5-17-14-36(21(38)13-19(32)15-6-8-16(9-7-15)27(29,30)31)10-11-37(17)26-34-23-18(25(33)35-26)12-20(39-2)24(40-3)22(23)28;/h6-9,12,17,19H,4-5,10-11,13-14,32H2,1-3H3,(H2,33,34,35);1H/t17-,19+;/m0./s1. The van der Waals surface area contributed by atoms with Gasteiger partial charge < -0.3 is 30.7 Å². The van der Waals surface area contributed by atoms with Gasteiger partial charge in [0.2, 0.25) is 11.9 Å². The number of rotatable bonds is 8. The number of nitrogens with zero attached hydrogens (tertiary/aromatic N) is 4. The number of benzene rings is 2. The number of nitrogens with two attached hydrogens (primary N) is 2. The van der Waals surface area contributed by atoms with Crippen LogP contribution in [0.2, 0.25) is 0 Å². The molecule has 1 amide bonds. The number of alkyl halides is 3. The molecule has 41 heavy (non-hydrogen) atoms. The van der Waals surface area contributed by atoms with Crippen LogP contribution in [0.4, 0.5) is 29.3 Å². The normalized spacial score (nSPS) is 16.3. The Labute approximate surface area is 241 Å². The number of carbonyl (C=O) groups excluding carboxylic acids is 1. The highest BCUT2D eigenvalue weighted by molar-refractivity contribution is 5.92. The first-order valence-corrected chi connectivity index (χ1v) is 12.8. The predicted octanol–water partition coefficient (Wildman–Crippen LogP) is 4.72. The van der Waals surface area contributed by atoms with Gasteiger partial charge in [-0.3, -0.25) is 4.79 Å². The molecular weight excluding hydrogens is 568 g/mol. The van der Waals surface area contributed by atoms with Gasteiger partial charge in [-0.05, 0) is 30.2 Å². The van der Waals surface area contributed by atoms with Gasteiger partial charge in [-0.25, -0.2) is 9.37 Å². The first kappa shape index (κ1) is 31.9. The highest BCUT2D eigenvalue weighted by Crippen LogP contribution is 2.38. The van der Waals surface area contributed by atoms with E-state index in [1.165, 1.54) is 32.4 Å². The van der Waals surface area contributed by atoms with E-state index in [-0.39, 0.29) is 64.9 Å². The maximum absolute atomic E-state index is 15.3. The summed E-state index contributed by atoms with van der Waals surface area (Å²) in [5.74, 6) is -0.537. The van der Waals surface area contributed by atoms with E-state index in [0.29, 0.717) is 31.6 Å². The molecule has 3 aromatic rings. The summed E-state index contributed by atoms with van der Waals surface area (Å²) in [5, 5.41) is 0.289. The second kappa shape index (κ2) is 12.9. The lowest BCUT2D eigenvalue weighted by molar-refractivity contribution is -0.137. The van der Waals surface area contributed by atoms with Crippen molar-refractivity contribution in [1.29, 1.82) is 0 Å². The van der Waals surface area contributed by atoms with E-state index in [1.807, 2.05) is 11.8 Å². The molecule has 0 spiro atoms. The summed E-state index contributed by atoms with van der Waals surface area (Å²) in [4.78, 5) is 25.6. The van der Waals surface area contributed by atoms with E-state index >= 15 is 4.39 Å². The molecule has 1 fully saturated rings. The average Bonchev–Trinajstić information content (AvgIpc) is 2.92. The lowest BCUT2D eigenvalue weighted by Crippen LogP contribution is -2.55. The molecule has 4 N–H and O–H groups in total. The van der Waals surface area contributed by atoms with Crippen LogP contribution >= 0.6 is 12.4 Å². The Bertz CT molecular complexity index is 1380. The van der Waals surface area contributed by atoms with Crippen LogP contribution in [-0.4, -0.2) is 60.7 Å². The quantitative estimate of drug-likeness (QED) is 0.357. The fourth-order valence-electron chi connectivity index (χ4n) is 4.95. The maximum Gasteiger partial charge on any atom is 0.416 e. The fourth-order valence-corrected chi connectivity index (χ4v) is 4.95. The molecule has 0 bridgehead atoms. The summed E-state index contributed by atoms with van der Waals surface area (Å²) in [7, 11) is 2.72. The van der Waals surface area contributed by atoms with Crippen LogP contribution in [0.15, 0.2) is 30.3 Å². The lowest BCUT2D eigenvalue weighted by atomic mass is 10.0. The van der Waals surface area contributed by atoms with E-state index in [4.69, 9.17) is 20.9 Å². The third-order valence-electron chi connectivity index (χ3n) is 7.07. The highest BCUT2D eigenvalue weighted by atomic mass is 35.5. The van der Waals surface area contributed by atoms with Crippen molar-refractivity contribution in [3.05, 3.63) is 47.3 Å². The number of fused-ring (bicyclic) bond motifs is 1. The predicted molar refractivity (Wildman–Crippen MR) is 150 cm³/mol. The molecule has 0 aliphatic carbocycles. The van der Waals surface area contributed by atoms with Crippen molar-refractivity contribution in [2.45, 2.75) is 44.4 Å². The number of aromatic nitrogens is 2. The molecule has 2 atom stereocenters. The van der Waals surface area contributed by atoms with E-state index in [9.17, 15) is 18.0 Å². The van der Waals surface area contributed by atoms with Crippen LogP contribution in [0.5, 0.6) is 11.5 Å². The largest absolute Gasteiger partial charge is 0.493 e. The number of hydrogen-bond donors (Lipinski definition) is 2. The first-order valence-electron chi connectivity index (χ1n) is 12.8. The maximum atomic E-state index is 15.3. The number of carbonyl (C=O) groups is 1. The van der Waals surface area contributed by atoms with Gasteiger partial charge in [0.15, 0.2) is 17.3 Å². The molecule has 4 rings (SSSR count). The van der Waals surface area contributed by atoms with Crippen molar-refractivity contribution in [2.75, 3.05) is 44.5 Å². The van der Waals surface area contributed by atoms with Crippen molar-refractivity contribution >= 4 is 41.0 Å². The van der Waals surface area contributed by atoms with Gasteiger partial charge in [-0.1, -0.05) is 25.5 Å². The molecule has 2 aromatic carbocycles. The molecule has 224 valence electrons. The molecule has 1 aliphatic rings. The number of halogens is 5. The minimum Gasteiger partial charge on any atom is -0.493 e. The molecule has 1 aromatic heterocycles. The monoisotopic (exact) mass is 600 g/mol. The topological polar surface area (TPSA) is 120 Å². The number of amides is 1. The van der Waals surface area contributed by atoms with Crippen LogP contribution in [0.25, 0.3) is 10.9 Å². The second-order valence-electron chi connectivity index (χ2n) is 9.64. The van der Waals surface area contributed by atoms with Gasteiger partial charge in [-0.2, -0.15) is 18.2 Å². The van der Waals surface area contributed by atoms with E-state index in [2.05, 4.69) is 9.97 Å². The molecule has 14 heteroatoms. The smallest absolute Gasteiger partial charge is 0.416 e. The fraction of sp³-hybridized carbons (Fsp3) is 0.444. The zero-order chi connectivity index (χ0) is 29.2.